The molecule has 1 N–H and O–H groups in total. The lowest BCUT2D eigenvalue weighted by Gasteiger charge is -2.25. The zero-order valence-corrected chi connectivity index (χ0v) is 12.0. The number of carboxylic acids is 1. The molecular formula is C15H19N3O2. The highest BCUT2D eigenvalue weighted by molar-refractivity contribution is 5.88. The zero-order chi connectivity index (χ0) is 14.7. The Morgan fingerprint density at radius 1 is 1.40 bits per heavy atom. The van der Waals surface area contributed by atoms with Gasteiger partial charge in [-0.15, -0.1) is 0 Å². The predicted molar refractivity (Wildman–Crippen MR) is 78.1 cm³/mol. The third-order valence-corrected chi connectivity index (χ3v) is 3.47. The Bertz CT molecular complexity index is 619. The molecule has 106 valence electrons. The van der Waals surface area contributed by atoms with E-state index in [-0.39, 0.29) is 5.56 Å². The standard InChI is InChI=1S/C15H19N3O2/c1-4-18(13-8-6-5-7-11(13)2)10-14-12(15(19)20)9-16-17(14)3/h5-9H,4,10H2,1-3H3,(H,19,20). The van der Waals surface area contributed by atoms with Gasteiger partial charge in [0, 0.05) is 19.3 Å². The van der Waals surface area contributed by atoms with E-state index in [1.807, 2.05) is 12.1 Å². The molecule has 0 spiro atoms. The summed E-state index contributed by atoms with van der Waals surface area (Å²) in [7, 11) is 1.77. The molecule has 0 aliphatic heterocycles. The number of aromatic nitrogens is 2. The summed E-state index contributed by atoms with van der Waals surface area (Å²) in [6, 6.07) is 8.10. The van der Waals surface area contributed by atoms with Crippen molar-refractivity contribution in [2.24, 2.45) is 7.05 Å². The van der Waals surface area contributed by atoms with Gasteiger partial charge in [-0.3, -0.25) is 4.68 Å². The van der Waals surface area contributed by atoms with Crippen molar-refractivity contribution in [3.63, 3.8) is 0 Å². The quantitative estimate of drug-likeness (QED) is 0.909. The minimum absolute atomic E-state index is 0.263. The second-order valence-electron chi connectivity index (χ2n) is 4.73. The first-order valence-electron chi connectivity index (χ1n) is 6.59. The third kappa shape index (κ3) is 2.66. The molecule has 0 unspecified atom stereocenters. The van der Waals surface area contributed by atoms with Crippen LogP contribution in [-0.4, -0.2) is 27.4 Å². The summed E-state index contributed by atoms with van der Waals surface area (Å²) in [4.78, 5) is 13.4. The first kappa shape index (κ1) is 14.1. The molecule has 0 saturated carbocycles. The van der Waals surface area contributed by atoms with Gasteiger partial charge in [-0.2, -0.15) is 5.10 Å². The highest BCUT2D eigenvalue weighted by atomic mass is 16.4. The number of hydrogen-bond acceptors (Lipinski definition) is 3. The average Bonchev–Trinajstić information content (AvgIpc) is 2.78. The largest absolute Gasteiger partial charge is 0.478 e. The molecule has 0 aliphatic carbocycles. The number of hydrogen-bond donors (Lipinski definition) is 1. The lowest BCUT2D eigenvalue weighted by molar-refractivity contribution is 0.0695. The predicted octanol–water partition coefficient (Wildman–Crippen LogP) is 2.45. The Morgan fingerprint density at radius 2 is 2.10 bits per heavy atom. The number of carbonyl (C=O) groups is 1. The molecule has 0 bridgehead atoms. The van der Waals surface area contributed by atoms with Gasteiger partial charge in [-0.1, -0.05) is 18.2 Å². The van der Waals surface area contributed by atoms with Crippen LogP contribution in [0.25, 0.3) is 0 Å². The number of rotatable bonds is 5. The second-order valence-corrected chi connectivity index (χ2v) is 4.73. The molecule has 0 saturated heterocycles. The van der Waals surface area contributed by atoms with E-state index in [9.17, 15) is 9.90 Å². The molecule has 1 heterocycles. The van der Waals surface area contributed by atoms with Crippen molar-refractivity contribution in [3.05, 3.63) is 47.3 Å². The van der Waals surface area contributed by atoms with E-state index in [1.165, 1.54) is 11.8 Å². The van der Waals surface area contributed by atoms with Gasteiger partial charge < -0.3 is 10.0 Å². The Morgan fingerprint density at radius 3 is 2.70 bits per heavy atom. The number of carboxylic acid groups (broad SMARTS) is 1. The van der Waals surface area contributed by atoms with Gasteiger partial charge in [0.25, 0.3) is 0 Å². The Labute approximate surface area is 118 Å². The molecule has 0 fully saturated rings. The molecule has 5 nitrogen and oxygen atoms in total. The van der Waals surface area contributed by atoms with Crippen LogP contribution in [0.5, 0.6) is 0 Å². The van der Waals surface area contributed by atoms with E-state index in [0.29, 0.717) is 12.2 Å². The molecule has 0 aliphatic rings. The van der Waals surface area contributed by atoms with E-state index < -0.39 is 5.97 Å². The van der Waals surface area contributed by atoms with E-state index in [0.717, 1.165) is 12.2 Å². The molecular weight excluding hydrogens is 254 g/mol. The van der Waals surface area contributed by atoms with Crippen LogP contribution < -0.4 is 4.90 Å². The summed E-state index contributed by atoms with van der Waals surface area (Å²) in [5.41, 5.74) is 3.27. The van der Waals surface area contributed by atoms with Crippen molar-refractivity contribution in [2.75, 3.05) is 11.4 Å². The van der Waals surface area contributed by atoms with Crippen LogP contribution in [0, 0.1) is 6.92 Å². The van der Waals surface area contributed by atoms with E-state index in [4.69, 9.17) is 0 Å². The first-order valence-corrected chi connectivity index (χ1v) is 6.59. The van der Waals surface area contributed by atoms with Gasteiger partial charge in [-0.25, -0.2) is 4.79 Å². The smallest absolute Gasteiger partial charge is 0.339 e. The molecule has 0 amide bonds. The molecule has 1 aromatic carbocycles. The topological polar surface area (TPSA) is 58.4 Å². The number of aryl methyl sites for hydroxylation is 2. The van der Waals surface area contributed by atoms with Gasteiger partial charge >= 0.3 is 5.97 Å². The first-order chi connectivity index (χ1) is 9.54. The molecule has 0 radical (unpaired) electrons. The van der Waals surface area contributed by atoms with Crippen LogP contribution in [0.15, 0.2) is 30.5 Å². The monoisotopic (exact) mass is 273 g/mol. The summed E-state index contributed by atoms with van der Waals surface area (Å²) < 4.78 is 1.63. The zero-order valence-electron chi connectivity index (χ0n) is 12.0. The number of anilines is 1. The van der Waals surface area contributed by atoms with Crippen molar-refractivity contribution >= 4 is 11.7 Å². The van der Waals surface area contributed by atoms with E-state index in [2.05, 4.69) is 36.0 Å². The SMILES string of the molecule is CCN(Cc1c(C(=O)O)cnn1C)c1ccccc1C. The molecule has 0 atom stereocenters. The summed E-state index contributed by atoms with van der Waals surface area (Å²) in [6.07, 6.45) is 1.41. The van der Waals surface area contributed by atoms with Crippen molar-refractivity contribution in [3.8, 4) is 0 Å². The molecule has 2 aromatic rings. The maximum absolute atomic E-state index is 11.2. The van der Waals surface area contributed by atoms with Crippen LogP contribution in [-0.2, 0) is 13.6 Å². The summed E-state index contributed by atoms with van der Waals surface area (Å²) in [5, 5.41) is 13.3. The van der Waals surface area contributed by atoms with Crippen LogP contribution in [0.1, 0.15) is 28.5 Å². The number of para-hydroxylation sites is 1. The minimum Gasteiger partial charge on any atom is -0.478 e. The summed E-state index contributed by atoms with van der Waals surface area (Å²) in [5.74, 6) is -0.936. The molecule has 20 heavy (non-hydrogen) atoms. The van der Waals surface area contributed by atoms with E-state index >= 15 is 0 Å². The van der Waals surface area contributed by atoms with Crippen LogP contribution in [0.3, 0.4) is 0 Å². The van der Waals surface area contributed by atoms with E-state index in [1.54, 1.807) is 11.7 Å². The molecule has 2 rings (SSSR count). The van der Waals surface area contributed by atoms with Crippen molar-refractivity contribution in [1.29, 1.82) is 0 Å². The lowest BCUT2D eigenvalue weighted by Crippen LogP contribution is -2.25. The fourth-order valence-electron chi connectivity index (χ4n) is 2.30. The fraction of sp³-hybridized carbons (Fsp3) is 0.333. The maximum atomic E-state index is 11.2. The van der Waals surface area contributed by atoms with Gasteiger partial charge in [0.2, 0.25) is 0 Å². The summed E-state index contributed by atoms with van der Waals surface area (Å²) in [6.45, 7) is 5.44. The Balaban J connectivity index is 2.34. The van der Waals surface area contributed by atoms with Crippen molar-refractivity contribution < 1.29 is 9.90 Å². The Hall–Kier alpha value is -2.30. The molecule has 1 aromatic heterocycles. The van der Waals surface area contributed by atoms with Crippen molar-refractivity contribution in [2.45, 2.75) is 20.4 Å². The molecule has 5 heteroatoms. The highest BCUT2D eigenvalue weighted by Gasteiger charge is 2.18. The minimum atomic E-state index is -0.936. The second kappa shape index (κ2) is 5.77. The third-order valence-electron chi connectivity index (χ3n) is 3.47. The maximum Gasteiger partial charge on any atom is 0.339 e. The fourth-order valence-corrected chi connectivity index (χ4v) is 2.30. The van der Waals surface area contributed by atoms with Gasteiger partial charge in [0.1, 0.15) is 5.56 Å². The van der Waals surface area contributed by atoms with Gasteiger partial charge in [0.15, 0.2) is 0 Å². The number of aromatic carboxylic acids is 1. The van der Waals surface area contributed by atoms with Crippen LogP contribution >= 0.6 is 0 Å². The number of benzene rings is 1. The lowest BCUT2D eigenvalue weighted by atomic mass is 10.1. The van der Waals surface area contributed by atoms with Crippen molar-refractivity contribution in [1.82, 2.24) is 9.78 Å². The van der Waals surface area contributed by atoms with Gasteiger partial charge in [-0.05, 0) is 25.5 Å². The highest BCUT2D eigenvalue weighted by Crippen LogP contribution is 2.22. The average molecular weight is 273 g/mol. The van der Waals surface area contributed by atoms with Gasteiger partial charge in [0.05, 0.1) is 18.4 Å². The normalized spacial score (nSPS) is 10.6. The van der Waals surface area contributed by atoms with Crippen LogP contribution in [0.4, 0.5) is 5.69 Å². The van der Waals surface area contributed by atoms with Crippen LogP contribution in [0.2, 0.25) is 0 Å². The Kier molecular flexibility index (Phi) is 4.08. The summed E-state index contributed by atoms with van der Waals surface area (Å²) >= 11 is 0. The number of nitrogens with zero attached hydrogens (tertiary/aromatic N) is 3.